The van der Waals surface area contributed by atoms with Gasteiger partial charge in [-0.15, -0.1) is 0 Å². The number of benzene rings is 1. The Kier molecular flexibility index (Phi) is 4.77. The zero-order valence-corrected chi connectivity index (χ0v) is 11.4. The Bertz CT molecular complexity index is 447. The highest BCUT2D eigenvalue weighted by atomic mass is 35.5. The average Bonchev–Trinajstić information content (AvgIpc) is 2.86. The van der Waals surface area contributed by atoms with Crippen LogP contribution in [0.2, 0.25) is 5.02 Å². The molecule has 1 fully saturated rings. The van der Waals surface area contributed by atoms with Crippen molar-refractivity contribution in [2.24, 2.45) is 17.6 Å². The Hall–Kier alpha value is -1.13. The molecule has 1 aromatic carbocycles. The molecule has 19 heavy (non-hydrogen) atoms. The lowest BCUT2D eigenvalue weighted by atomic mass is 9.95. The second-order valence-electron chi connectivity index (χ2n) is 4.95. The second-order valence-corrected chi connectivity index (χ2v) is 5.36. The molecule has 0 saturated heterocycles. The molecule has 0 bridgehead atoms. The van der Waals surface area contributed by atoms with Gasteiger partial charge in [0, 0.05) is 23.0 Å². The topological polar surface area (TPSA) is 55.1 Å². The van der Waals surface area contributed by atoms with Crippen molar-refractivity contribution >= 4 is 17.5 Å². The van der Waals surface area contributed by atoms with Gasteiger partial charge in [-0.2, -0.15) is 0 Å². The normalized spacial score (nSPS) is 22.5. The van der Waals surface area contributed by atoms with E-state index in [-0.39, 0.29) is 24.3 Å². The number of nitrogens with two attached hydrogens (primary N) is 1. The van der Waals surface area contributed by atoms with Crippen LogP contribution >= 0.6 is 11.6 Å². The summed E-state index contributed by atoms with van der Waals surface area (Å²) in [5, 5.41) is 3.10. The largest absolute Gasteiger partial charge is 0.352 e. The molecule has 0 aromatic heterocycles. The summed E-state index contributed by atoms with van der Waals surface area (Å²) < 4.78 is 13.6. The Balaban J connectivity index is 1.97. The SMILES string of the molecule is NC[C@H]1CCC[C@H]1C(=O)NCc1c(F)cccc1Cl. The van der Waals surface area contributed by atoms with E-state index in [1.54, 1.807) is 12.1 Å². The highest BCUT2D eigenvalue weighted by molar-refractivity contribution is 6.31. The number of amides is 1. The molecule has 1 aliphatic carbocycles. The van der Waals surface area contributed by atoms with Gasteiger partial charge in [-0.1, -0.05) is 24.1 Å². The van der Waals surface area contributed by atoms with Gasteiger partial charge in [-0.05, 0) is 37.4 Å². The van der Waals surface area contributed by atoms with Gasteiger partial charge in [0.1, 0.15) is 5.82 Å². The molecule has 3 N–H and O–H groups in total. The Morgan fingerprint density at radius 2 is 2.26 bits per heavy atom. The molecule has 0 aliphatic heterocycles. The summed E-state index contributed by atoms with van der Waals surface area (Å²) in [4.78, 5) is 12.1. The van der Waals surface area contributed by atoms with Crippen molar-refractivity contribution in [2.45, 2.75) is 25.8 Å². The van der Waals surface area contributed by atoms with Crippen molar-refractivity contribution in [3.63, 3.8) is 0 Å². The maximum absolute atomic E-state index is 13.6. The van der Waals surface area contributed by atoms with Gasteiger partial charge in [0.2, 0.25) is 5.91 Å². The molecule has 1 aromatic rings. The first-order chi connectivity index (χ1) is 9.13. The van der Waals surface area contributed by atoms with Crippen LogP contribution in [0.4, 0.5) is 4.39 Å². The Morgan fingerprint density at radius 1 is 1.47 bits per heavy atom. The molecule has 2 rings (SSSR count). The average molecular weight is 285 g/mol. The quantitative estimate of drug-likeness (QED) is 0.892. The van der Waals surface area contributed by atoms with E-state index < -0.39 is 5.82 Å². The van der Waals surface area contributed by atoms with Crippen LogP contribution in [0.5, 0.6) is 0 Å². The molecule has 3 nitrogen and oxygen atoms in total. The molecule has 0 spiro atoms. The molecule has 0 radical (unpaired) electrons. The lowest BCUT2D eigenvalue weighted by molar-refractivity contribution is -0.126. The molecule has 1 aliphatic rings. The summed E-state index contributed by atoms with van der Waals surface area (Å²) in [6.07, 6.45) is 2.88. The van der Waals surface area contributed by atoms with Gasteiger partial charge in [0.25, 0.3) is 0 Å². The summed E-state index contributed by atoms with van der Waals surface area (Å²) in [6, 6.07) is 4.50. The molecule has 2 atom stereocenters. The van der Waals surface area contributed by atoms with Crippen LogP contribution in [0.3, 0.4) is 0 Å². The monoisotopic (exact) mass is 284 g/mol. The maximum atomic E-state index is 13.6. The van der Waals surface area contributed by atoms with Crippen LogP contribution in [0.1, 0.15) is 24.8 Å². The van der Waals surface area contributed by atoms with Gasteiger partial charge in [0.05, 0.1) is 0 Å². The Morgan fingerprint density at radius 3 is 2.95 bits per heavy atom. The zero-order chi connectivity index (χ0) is 13.8. The lowest BCUT2D eigenvalue weighted by Crippen LogP contribution is -2.34. The van der Waals surface area contributed by atoms with E-state index in [0.29, 0.717) is 17.1 Å². The van der Waals surface area contributed by atoms with Crippen molar-refractivity contribution in [3.05, 3.63) is 34.6 Å². The van der Waals surface area contributed by atoms with Crippen LogP contribution in [0.25, 0.3) is 0 Å². The molecule has 104 valence electrons. The van der Waals surface area contributed by atoms with Crippen molar-refractivity contribution < 1.29 is 9.18 Å². The fourth-order valence-electron chi connectivity index (χ4n) is 2.67. The minimum absolute atomic E-state index is 0.0458. The number of hydrogen-bond acceptors (Lipinski definition) is 2. The highest BCUT2D eigenvalue weighted by Crippen LogP contribution is 2.31. The first-order valence-corrected chi connectivity index (χ1v) is 6.92. The highest BCUT2D eigenvalue weighted by Gasteiger charge is 2.31. The van der Waals surface area contributed by atoms with Crippen LogP contribution in [0, 0.1) is 17.7 Å². The third kappa shape index (κ3) is 3.25. The van der Waals surface area contributed by atoms with Crippen molar-refractivity contribution in [1.82, 2.24) is 5.32 Å². The van der Waals surface area contributed by atoms with Crippen LogP contribution in [-0.2, 0) is 11.3 Å². The fraction of sp³-hybridized carbons (Fsp3) is 0.500. The van der Waals surface area contributed by atoms with E-state index in [1.165, 1.54) is 6.07 Å². The van der Waals surface area contributed by atoms with E-state index in [0.717, 1.165) is 19.3 Å². The fourth-order valence-corrected chi connectivity index (χ4v) is 2.90. The smallest absolute Gasteiger partial charge is 0.223 e. The lowest BCUT2D eigenvalue weighted by Gasteiger charge is -2.17. The van der Waals surface area contributed by atoms with Crippen LogP contribution in [-0.4, -0.2) is 12.5 Å². The summed E-state index contributed by atoms with van der Waals surface area (Å²) >= 11 is 5.92. The number of nitrogens with one attached hydrogen (secondary N) is 1. The van der Waals surface area contributed by atoms with Gasteiger partial charge in [0.15, 0.2) is 0 Å². The van der Waals surface area contributed by atoms with Crippen molar-refractivity contribution in [1.29, 1.82) is 0 Å². The van der Waals surface area contributed by atoms with E-state index in [9.17, 15) is 9.18 Å². The number of carbonyl (C=O) groups is 1. The van der Waals surface area contributed by atoms with E-state index in [4.69, 9.17) is 17.3 Å². The van der Waals surface area contributed by atoms with E-state index in [1.807, 2.05) is 0 Å². The third-order valence-electron chi connectivity index (χ3n) is 3.80. The molecule has 0 unspecified atom stereocenters. The molecule has 5 heteroatoms. The summed E-state index contributed by atoms with van der Waals surface area (Å²) in [5.41, 5.74) is 5.99. The van der Waals surface area contributed by atoms with Crippen LogP contribution in [0.15, 0.2) is 18.2 Å². The summed E-state index contributed by atoms with van der Waals surface area (Å²) in [6.45, 7) is 0.649. The maximum Gasteiger partial charge on any atom is 0.223 e. The van der Waals surface area contributed by atoms with Gasteiger partial charge in [-0.3, -0.25) is 4.79 Å². The van der Waals surface area contributed by atoms with Crippen LogP contribution < -0.4 is 11.1 Å². The predicted octanol–water partition coefficient (Wildman–Crippen LogP) is 2.47. The zero-order valence-electron chi connectivity index (χ0n) is 10.7. The molecular weight excluding hydrogens is 267 g/mol. The number of halogens is 2. The van der Waals surface area contributed by atoms with Crippen molar-refractivity contribution in [2.75, 3.05) is 6.54 Å². The van der Waals surface area contributed by atoms with Gasteiger partial charge in [-0.25, -0.2) is 4.39 Å². The minimum atomic E-state index is -0.394. The number of carbonyl (C=O) groups excluding carboxylic acids is 1. The molecule has 0 heterocycles. The first kappa shape index (κ1) is 14.3. The standard InChI is InChI=1S/C14H18ClFN2O/c15-12-5-2-6-13(16)11(12)8-18-14(19)10-4-1-3-9(10)7-17/h2,5-6,9-10H,1,3-4,7-8,17H2,(H,18,19)/t9-,10-/m1/s1. The molecule has 1 amide bonds. The second kappa shape index (κ2) is 6.35. The van der Waals surface area contributed by atoms with Gasteiger partial charge < -0.3 is 11.1 Å². The Labute approximate surface area is 117 Å². The molecule has 1 saturated carbocycles. The predicted molar refractivity (Wildman–Crippen MR) is 73.1 cm³/mol. The molecular formula is C14H18ClFN2O. The van der Waals surface area contributed by atoms with Gasteiger partial charge >= 0.3 is 0 Å². The number of rotatable bonds is 4. The van der Waals surface area contributed by atoms with Crippen molar-refractivity contribution in [3.8, 4) is 0 Å². The third-order valence-corrected chi connectivity index (χ3v) is 4.15. The first-order valence-electron chi connectivity index (χ1n) is 6.54. The number of hydrogen-bond donors (Lipinski definition) is 2. The minimum Gasteiger partial charge on any atom is -0.352 e. The summed E-state index contributed by atoms with van der Waals surface area (Å²) in [7, 11) is 0. The summed E-state index contributed by atoms with van der Waals surface area (Å²) in [5.74, 6) is -0.242. The van der Waals surface area contributed by atoms with E-state index in [2.05, 4.69) is 5.32 Å². The van der Waals surface area contributed by atoms with E-state index >= 15 is 0 Å².